The molecule has 21 heavy (non-hydrogen) atoms. The summed E-state index contributed by atoms with van der Waals surface area (Å²) in [7, 11) is 0. The molecule has 114 valence electrons. The lowest BCUT2D eigenvalue weighted by Gasteiger charge is -2.07. The number of nitrogens with one attached hydrogen (secondary N) is 1. The van der Waals surface area contributed by atoms with Crippen molar-refractivity contribution in [1.82, 2.24) is 5.32 Å². The van der Waals surface area contributed by atoms with E-state index in [-0.39, 0.29) is 11.7 Å². The highest BCUT2D eigenvalue weighted by Crippen LogP contribution is 2.05. The first kappa shape index (κ1) is 16.8. The molecule has 0 heterocycles. The lowest BCUT2D eigenvalue weighted by molar-refractivity contribution is -0.138. The third kappa shape index (κ3) is 5.74. The summed E-state index contributed by atoms with van der Waals surface area (Å²) in [5.41, 5.74) is 6.43. The van der Waals surface area contributed by atoms with Gasteiger partial charge in [-0.05, 0) is 38.3 Å². The van der Waals surface area contributed by atoms with Crippen LogP contribution in [0.2, 0.25) is 0 Å². The maximum Gasteiger partial charge on any atom is 0.320 e. The van der Waals surface area contributed by atoms with Crippen LogP contribution in [0.5, 0.6) is 0 Å². The van der Waals surface area contributed by atoms with Gasteiger partial charge in [-0.1, -0.05) is 12.1 Å². The van der Waals surface area contributed by atoms with E-state index in [0.29, 0.717) is 36.9 Å². The van der Waals surface area contributed by atoms with Crippen molar-refractivity contribution in [3.8, 4) is 0 Å². The number of rotatable bonds is 8. The number of carboxylic acids is 1. The van der Waals surface area contributed by atoms with Crippen LogP contribution in [0.1, 0.15) is 46.9 Å². The van der Waals surface area contributed by atoms with E-state index in [9.17, 15) is 14.4 Å². The number of hydrogen-bond donors (Lipinski definition) is 3. The summed E-state index contributed by atoms with van der Waals surface area (Å²) in [6.07, 6.45) is 1.69. The van der Waals surface area contributed by atoms with Gasteiger partial charge in [-0.3, -0.25) is 14.4 Å². The van der Waals surface area contributed by atoms with Crippen LogP contribution in [0, 0.1) is 0 Å². The van der Waals surface area contributed by atoms with Crippen molar-refractivity contribution in [3.05, 3.63) is 35.4 Å². The van der Waals surface area contributed by atoms with Gasteiger partial charge in [0, 0.05) is 17.7 Å². The van der Waals surface area contributed by atoms with Gasteiger partial charge in [0.15, 0.2) is 5.78 Å². The average Bonchev–Trinajstić information content (AvgIpc) is 2.46. The Kier molecular flexibility index (Phi) is 6.55. The molecule has 0 fully saturated rings. The number of nitrogens with two attached hydrogens (primary N) is 1. The Morgan fingerprint density at radius 1 is 1.14 bits per heavy atom. The lowest BCUT2D eigenvalue weighted by Crippen LogP contribution is -2.30. The zero-order valence-electron chi connectivity index (χ0n) is 12.0. The van der Waals surface area contributed by atoms with Crippen molar-refractivity contribution in [2.24, 2.45) is 5.73 Å². The molecule has 0 aliphatic rings. The van der Waals surface area contributed by atoms with Gasteiger partial charge in [-0.15, -0.1) is 0 Å². The molecule has 1 amide bonds. The first-order chi connectivity index (χ1) is 9.91. The van der Waals surface area contributed by atoms with E-state index >= 15 is 0 Å². The topological polar surface area (TPSA) is 109 Å². The first-order valence-corrected chi connectivity index (χ1v) is 6.79. The summed E-state index contributed by atoms with van der Waals surface area (Å²) in [5.74, 6) is -1.27. The second-order valence-corrected chi connectivity index (χ2v) is 4.83. The van der Waals surface area contributed by atoms with Crippen LogP contribution in [0.4, 0.5) is 0 Å². The van der Waals surface area contributed by atoms with Gasteiger partial charge < -0.3 is 16.2 Å². The second kappa shape index (κ2) is 8.16. The second-order valence-electron chi connectivity index (χ2n) is 4.83. The van der Waals surface area contributed by atoms with E-state index < -0.39 is 12.0 Å². The zero-order chi connectivity index (χ0) is 15.8. The summed E-state index contributed by atoms with van der Waals surface area (Å²) in [4.78, 5) is 33.4. The molecule has 0 aliphatic carbocycles. The highest BCUT2D eigenvalue weighted by atomic mass is 16.4. The van der Waals surface area contributed by atoms with Gasteiger partial charge in [0.25, 0.3) is 5.91 Å². The van der Waals surface area contributed by atoms with E-state index in [1.165, 1.54) is 6.92 Å². The van der Waals surface area contributed by atoms with Crippen molar-refractivity contribution in [2.75, 3.05) is 6.54 Å². The van der Waals surface area contributed by atoms with Gasteiger partial charge in [0.1, 0.15) is 6.04 Å². The van der Waals surface area contributed by atoms with E-state index in [4.69, 9.17) is 10.8 Å². The van der Waals surface area contributed by atoms with Crippen molar-refractivity contribution < 1.29 is 19.5 Å². The van der Waals surface area contributed by atoms with Gasteiger partial charge >= 0.3 is 5.97 Å². The number of hydrogen-bond acceptors (Lipinski definition) is 4. The normalized spacial score (nSPS) is 11.7. The van der Waals surface area contributed by atoms with Crippen LogP contribution in [0.15, 0.2) is 24.3 Å². The summed E-state index contributed by atoms with van der Waals surface area (Å²) < 4.78 is 0. The van der Waals surface area contributed by atoms with E-state index in [1.807, 2.05) is 0 Å². The lowest BCUT2D eigenvalue weighted by atomic mass is 10.1. The predicted octanol–water partition coefficient (Wildman–Crippen LogP) is 1.20. The molecule has 1 aromatic rings. The number of ketones is 1. The van der Waals surface area contributed by atoms with E-state index in [1.54, 1.807) is 24.3 Å². The van der Waals surface area contributed by atoms with Crippen molar-refractivity contribution in [2.45, 2.75) is 32.2 Å². The molecule has 1 atom stereocenters. The number of aliphatic carboxylic acids is 1. The summed E-state index contributed by atoms with van der Waals surface area (Å²) >= 11 is 0. The standard InChI is InChI=1S/C15H20N2O4/c1-10(18)11-5-7-12(8-6-11)14(19)17-9-3-2-4-13(16)15(20)21/h5-8,13H,2-4,9,16H2,1H3,(H,17,19)(H,20,21)/t13-/m0/s1. The number of Topliss-reactive ketones (excluding diaryl/α,β-unsaturated/α-hetero) is 1. The fourth-order valence-corrected chi connectivity index (χ4v) is 1.77. The van der Waals surface area contributed by atoms with Gasteiger partial charge in [-0.25, -0.2) is 0 Å². The van der Waals surface area contributed by atoms with E-state index in [2.05, 4.69) is 5.32 Å². The third-order valence-electron chi connectivity index (χ3n) is 3.10. The van der Waals surface area contributed by atoms with Gasteiger partial charge in [-0.2, -0.15) is 0 Å². The number of amides is 1. The fourth-order valence-electron chi connectivity index (χ4n) is 1.77. The molecule has 0 saturated carbocycles. The smallest absolute Gasteiger partial charge is 0.320 e. The maximum atomic E-state index is 11.8. The van der Waals surface area contributed by atoms with E-state index in [0.717, 1.165) is 0 Å². The third-order valence-corrected chi connectivity index (χ3v) is 3.10. The molecular weight excluding hydrogens is 272 g/mol. The average molecular weight is 292 g/mol. The highest BCUT2D eigenvalue weighted by Gasteiger charge is 2.10. The summed E-state index contributed by atoms with van der Waals surface area (Å²) in [5, 5.41) is 11.4. The minimum atomic E-state index is -1.01. The Labute approximate surface area is 123 Å². The molecule has 0 saturated heterocycles. The molecule has 1 rings (SSSR count). The quantitative estimate of drug-likeness (QED) is 0.492. The van der Waals surface area contributed by atoms with Gasteiger partial charge in [0.05, 0.1) is 0 Å². The molecule has 0 radical (unpaired) electrons. The SMILES string of the molecule is CC(=O)c1ccc(C(=O)NCCCC[C@H](N)C(=O)O)cc1. The van der Waals surface area contributed by atoms with Crippen LogP contribution in [-0.4, -0.2) is 35.4 Å². The molecule has 6 heteroatoms. The molecule has 0 bridgehead atoms. The van der Waals surface area contributed by atoms with Crippen LogP contribution >= 0.6 is 0 Å². The van der Waals surface area contributed by atoms with Crippen LogP contribution in [0.3, 0.4) is 0 Å². The van der Waals surface area contributed by atoms with Crippen LogP contribution in [-0.2, 0) is 4.79 Å². The van der Waals surface area contributed by atoms with Crippen LogP contribution in [0.25, 0.3) is 0 Å². The summed E-state index contributed by atoms with van der Waals surface area (Å²) in [6.45, 7) is 1.93. The number of carbonyl (C=O) groups is 3. The summed E-state index contributed by atoms with van der Waals surface area (Å²) in [6, 6.07) is 5.59. The fraction of sp³-hybridized carbons (Fsp3) is 0.400. The minimum Gasteiger partial charge on any atom is -0.480 e. The Bertz CT molecular complexity index is 511. The number of unbranched alkanes of at least 4 members (excludes halogenated alkanes) is 1. The largest absolute Gasteiger partial charge is 0.480 e. The Hall–Kier alpha value is -2.21. The van der Waals surface area contributed by atoms with Crippen molar-refractivity contribution >= 4 is 17.7 Å². The Morgan fingerprint density at radius 3 is 2.24 bits per heavy atom. The minimum absolute atomic E-state index is 0.0447. The molecule has 0 aromatic heterocycles. The maximum absolute atomic E-state index is 11.8. The Balaban J connectivity index is 2.31. The molecule has 0 spiro atoms. The number of carbonyl (C=O) groups excluding carboxylic acids is 2. The van der Waals surface area contributed by atoms with Crippen LogP contribution < -0.4 is 11.1 Å². The van der Waals surface area contributed by atoms with Crippen molar-refractivity contribution in [1.29, 1.82) is 0 Å². The molecular formula is C15H20N2O4. The Morgan fingerprint density at radius 2 is 1.71 bits per heavy atom. The molecule has 1 aromatic carbocycles. The van der Waals surface area contributed by atoms with Crippen molar-refractivity contribution in [3.63, 3.8) is 0 Å². The number of benzene rings is 1. The molecule has 4 N–H and O–H groups in total. The molecule has 0 unspecified atom stereocenters. The molecule has 6 nitrogen and oxygen atoms in total. The monoisotopic (exact) mass is 292 g/mol. The molecule has 0 aliphatic heterocycles. The predicted molar refractivity (Wildman–Crippen MR) is 78.2 cm³/mol. The first-order valence-electron chi connectivity index (χ1n) is 6.79. The van der Waals surface area contributed by atoms with Gasteiger partial charge in [0.2, 0.25) is 0 Å². The highest BCUT2D eigenvalue weighted by molar-refractivity contribution is 5.97. The number of carboxylic acid groups (broad SMARTS) is 1. The zero-order valence-corrected chi connectivity index (χ0v) is 12.0.